The van der Waals surface area contributed by atoms with Gasteiger partial charge in [-0.25, -0.2) is 8.42 Å². The van der Waals surface area contributed by atoms with E-state index in [9.17, 15) is 13.2 Å². The molecule has 0 aliphatic carbocycles. The van der Waals surface area contributed by atoms with E-state index < -0.39 is 10.0 Å². The smallest absolute Gasteiger partial charge is 0.262 e. The Hall–Kier alpha value is -1.65. The van der Waals surface area contributed by atoms with Crippen molar-refractivity contribution in [3.63, 3.8) is 0 Å². The molecule has 2 aromatic rings. The first kappa shape index (κ1) is 21.6. The van der Waals surface area contributed by atoms with Gasteiger partial charge in [0, 0.05) is 22.3 Å². The maximum absolute atomic E-state index is 12.6. The van der Waals surface area contributed by atoms with Gasteiger partial charge in [-0.15, -0.1) is 0 Å². The molecule has 1 amide bonds. The zero-order valence-corrected chi connectivity index (χ0v) is 18.5. The zero-order chi connectivity index (χ0) is 20.0. The quantitative estimate of drug-likeness (QED) is 0.560. The van der Waals surface area contributed by atoms with E-state index in [1.807, 2.05) is 24.3 Å². The van der Waals surface area contributed by atoms with Gasteiger partial charge in [-0.2, -0.15) is 4.31 Å². The molecule has 0 aliphatic heterocycles. The number of benzene rings is 2. The largest absolute Gasteiger partial charge is 0.483 e. The van der Waals surface area contributed by atoms with Gasteiger partial charge < -0.3 is 10.1 Å². The number of hydrogen-bond donors (Lipinski definition) is 1. The Labute approximate surface area is 174 Å². The number of sulfonamides is 1. The van der Waals surface area contributed by atoms with Crippen LogP contribution in [-0.4, -0.2) is 38.3 Å². The summed E-state index contributed by atoms with van der Waals surface area (Å²) >= 11 is 2.19. The van der Waals surface area contributed by atoms with E-state index in [1.165, 1.54) is 10.4 Å². The summed E-state index contributed by atoms with van der Waals surface area (Å²) in [5.74, 6) is 0.196. The van der Waals surface area contributed by atoms with E-state index in [0.717, 1.165) is 3.57 Å². The summed E-state index contributed by atoms with van der Waals surface area (Å²) in [5, 5.41) is 2.75. The van der Waals surface area contributed by atoms with Crippen molar-refractivity contribution in [1.82, 2.24) is 4.31 Å². The molecule has 0 fully saturated rings. The third kappa shape index (κ3) is 5.66. The summed E-state index contributed by atoms with van der Waals surface area (Å²) in [4.78, 5) is 12.3. The molecule has 2 aromatic carbocycles. The Bertz CT molecular complexity index is 894. The molecule has 0 atom stereocenters. The van der Waals surface area contributed by atoms with Crippen molar-refractivity contribution in [1.29, 1.82) is 0 Å². The SMILES string of the molecule is CCN(CC)S(=O)(=O)c1ccc(OCC(=O)Nc2ccc(I)cc2)c(C)c1. The Morgan fingerprint density at radius 3 is 2.30 bits per heavy atom. The van der Waals surface area contributed by atoms with Crippen LogP contribution < -0.4 is 10.1 Å². The van der Waals surface area contributed by atoms with Crippen LogP contribution in [0.5, 0.6) is 5.75 Å². The first-order valence-corrected chi connectivity index (χ1v) is 11.1. The minimum Gasteiger partial charge on any atom is -0.483 e. The van der Waals surface area contributed by atoms with Gasteiger partial charge >= 0.3 is 0 Å². The molecule has 0 spiro atoms. The lowest BCUT2D eigenvalue weighted by atomic mass is 10.2. The lowest BCUT2D eigenvalue weighted by Crippen LogP contribution is -2.30. The molecule has 27 heavy (non-hydrogen) atoms. The van der Waals surface area contributed by atoms with Gasteiger partial charge in [0.1, 0.15) is 5.75 Å². The lowest BCUT2D eigenvalue weighted by Gasteiger charge is -2.19. The normalized spacial score (nSPS) is 11.4. The molecule has 0 aromatic heterocycles. The molecule has 8 heteroatoms. The summed E-state index contributed by atoms with van der Waals surface area (Å²) < 4.78 is 33.2. The highest BCUT2D eigenvalue weighted by molar-refractivity contribution is 14.1. The highest BCUT2D eigenvalue weighted by Crippen LogP contribution is 2.24. The molecule has 0 saturated heterocycles. The molecule has 6 nitrogen and oxygen atoms in total. The van der Waals surface area contributed by atoms with E-state index in [1.54, 1.807) is 32.9 Å². The number of amides is 1. The van der Waals surface area contributed by atoms with Crippen molar-refractivity contribution in [2.24, 2.45) is 0 Å². The number of carbonyl (C=O) groups is 1. The van der Waals surface area contributed by atoms with Crippen LogP contribution in [-0.2, 0) is 14.8 Å². The maximum Gasteiger partial charge on any atom is 0.262 e. The van der Waals surface area contributed by atoms with Crippen LogP contribution in [0.2, 0.25) is 0 Å². The summed E-state index contributed by atoms with van der Waals surface area (Å²) in [6.07, 6.45) is 0. The van der Waals surface area contributed by atoms with Gasteiger partial charge in [0.15, 0.2) is 6.61 Å². The van der Waals surface area contributed by atoms with Crippen molar-refractivity contribution in [2.75, 3.05) is 25.0 Å². The monoisotopic (exact) mass is 502 g/mol. The fourth-order valence-corrected chi connectivity index (χ4v) is 4.43. The first-order chi connectivity index (χ1) is 12.8. The number of hydrogen-bond acceptors (Lipinski definition) is 4. The van der Waals surface area contributed by atoms with E-state index >= 15 is 0 Å². The average molecular weight is 502 g/mol. The highest BCUT2D eigenvalue weighted by Gasteiger charge is 2.22. The molecule has 1 N–H and O–H groups in total. The standard InChI is InChI=1S/C19H23IN2O4S/c1-4-22(5-2)27(24,25)17-10-11-18(14(3)12-17)26-13-19(23)21-16-8-6-15(20)7-9-16/h6-12H,4-5,13H2,1-3H3,(H,21,23). The Morgan fingerprint density at radius 1 is 1.11 bits per heavy atom. The number of rotatable bonds is 8. The second-order valence-electron chi connectivity index (χ2n) is 5.86. The molecule has 0 aliphatic rings. The third-order valence-electron chi connectivity index (χ3n) is 3.98. The predicted molar refractivity (Wildman–Crippen MR) is 115 cm³/mol. The van der Waals surface area contributed by atoms with Crippen LogP contribution >= 0.6 is 22.6 Å². The Morgan fingerprint density at radius 2 is 1.74 bits per heavy atom. The van der Waals surface area contributed by atoms with Crippen LogP contribution in [0.4, 0.5) is 5.69 Å². The number of anilines is 1. The van der Waals surface area contributed by atoms with Crippen LogP contribution in [0.15, 0.2) is 47.4 Å². The van der Waals surface area contributed by atoms with E-state index in [4.69, 9.17) is 4.74 Å². The van der Waals surface area contributed by atoms with Crippen LogP contribution in [0.1, 0.15) is 19.4 Å². The molecule has 0 radical (unpaired) electrons. The fourth-order valence-electron chi connectivity index (χ4n) is 2.53. The number of nitrogens with zero attached hydrogens (tertiary/aromatic N) is 1. The van der Waals surface area contributed by atoms with Crippen LogP contribution in [0.25, 0.3) is 0 Å². The zero-order valence-electron chi connectivity index (χ0n) is 15.5. The summed E-state index contributed by atoms with van der Waals surface area (Å²) in [7, 11) is -3.52. The summed E-state index contributed by atoms with van der Waals surface area (Å²) in [5.41, 5.74) is 1.35. The number of carbonyl (C=O) groups excluding carboxylic acids is 1. The molecule has 0 heterocycles. The minimum atomic E-state index is -3.52. The lowest BCUT2D eigenvalue weighted by molar-refractivity contribution is -0.118. The van der Waals surface area contributed by atoms with Crippen molar-refractivity contribution < 1.29 is 17.9 Å². The molecule has 0 unspecified atom stereocenters. The average Bonchev–Trinajstić information content (AvgIpc) is 2.63. The molecule has 0 saturated carbocycles. The van der Waals surface area contributed by atoms with Crippen molar-refractivity contribution >= 4 is 44.2 Å². The van der Waals surface area contributed by atoms with Gasteiger partial charge in [0.25, 0.3) is 5.91 Å². The second-order valence-corrected chi connectivity index (χ2v) is 9.04. The summed E-state index contributed by atoms with van der Waals surface area (Å²) in [6.45, 7) is 6.03. The van der Waals surface area contributed by atoms with E-state index in [2.05, 4.69) is 27.9 Å². The Kier molecular flexibility index (Phi) is 7.63. The number of nitrogens with one attached hydrogen (secondary N) is 1. The second kappa shape index (κ2) is 9.52. The number of aryl methyl sites for hydroxylation is 1. The number of ether oxygens (including phenoxy) is 1. The molecular formula is C19H23IN2O4S. The van der Waals surface area contributed by atoms with Crippen LogP contribution in [0, 0.1) is 10.5 Å². The number of halogens is 1. The van der Waals surface area contributed by atoms with Gasteiger partial charge in [0.05, 0.1) is 4.90 Å². The van der Waals surface area contributed by atoms with Gasteiger partial charge in [-0.3, -0.25) is 4.79 Å². The van der Waals surface area contributed by atoms with Crippen molar-refractivity contribution in [3.8, 4) is 5.75 Å². The summed E-state index contributed by atoms with van der Waals surface area (Å²) in [6, 6.07) is 12.1. The minimum absolute atomic E-state index is 0.158. The van der Waals surface area contributed by atoms with Gasteiger partial charge in [-0.1, -0.05) is 13.8 Å². The maximum atomic E-state index is 12.6. The first-order valence-electron chi connectivity index (χ1n) is 8.57. The van der Waals surface area contributed by atoms with E-state index in [0.29, 0.717) is 30.1 Å². The molecule has 146 valence electrons. The predicted octanol–water partition coefficient (Wildman–Crippen LogP) is 3.65. The topological polar surface area (TPSA) is 75.7 Å². The van der Waals surface area contributed by atoms with Gasteiger partial charge in [0.2, 0.25) is 10.0 Å². The Balaban J connectivity index is 2.03. The third-order valence-corrected chi connectivity index (χ3v) is 6.74. The van der Waals surface area contributed by atoms with Gasteiger partial charge in [-0.05, 0) is 77.5 Å². The van der Waals surface area contributed by atoms with Crippen molar-refractivity contribution in [2.45, 2.75) is 25.7 Å². The van der Waals surface area contributed by atoms with Crippen LogP contribution in [0.3, 0.4) is 0 Å². The highest BCUT2D eigenvalue weighted by atomic mass is 127. The molecule has 0 bridgehead atoms. The van der Waals surface area contributed by atoms with Crippen molar-refractivity contribution in [3.05, 3.63) is 51.6 Å². The fraction of sp³-hybridized carbons (Fsp3) is 0.316. The van der Waals surface area contributed by atoms with E-state index in [-0.39, 0.29) is 17.4 Å². The molecule has 2 rings (SSSR count). The molecular weight excluding hydrogens is 479 g/mol.